The SMILES string of the molecule is [2H]C([2H])([2H])N(C(=O)c1ccc2nc(N)c3cncn3c2c1)[C@H]1COc2cc(OC(F)F)ccc21. The summed E-state index contributed by atoms with van der Waals surface area (Å²) in [6, 6.07) is 7.52. The van der Waals surface area contributed by atoms with Crippen molar-refractivity contribution in [3.05, 3.63) is 60.0 Å². The fourth-order valence-corrected chi connectivity index (χ4v) is 3.65. The minimum Gasteiger partial charge on any atom is -0.491 e. The molecule has 1 amide bonds. The largest absolute Gasteiger partial charge is 0.491 e. The lowest BCUT2D eigenvalue weighted by Crippen LogP contribution is -2.32. The second-order valence-corrected chi connectivity index (χ2v) is 6.93. The summed E-state index contributed by atoms with van der Waals surface area (Å²) in [4.78, 5) is 22.6. The van der Waals surface area contributed by atoms with Crippen molar-refractivity contribution in [2.75, 3.05) is 19.3 Å². The molecule has 0 aliphatic carbocycles. The molecule has 1 aliphatic rings. The van der Waals surface area contributed by atoms with Gasteiger partial charge in [0.05, 0.1) is 29.6 Å². The number of carbonyl (C=O) groups excluding carboxylic acids is 1. The maximum atomic E-state index is 13.5. The zero-order valence-corrected chi connectivity index (χ0v) is 15.8. The molecule has 2 aromatic carbocycles. The number of carbonyl (C=O) groups is 1. The minimum atomic E-state index is -3.02. The van der Waals surface area contributed by atoms with Gasteiger partial charge >= 0.3 is 6.61 Å². The topological polar surface area (TPSA) is 95.0 Å². The van der Waals surface area contributed by atoms with Crippen molar-refractivity contribution >= 4 is 28.3 Å². The number of hydrogen-bond donors (Lipinski definition) is 1. The predicted molar refractivity (Wildman–Crippen MR) is 108 cm³/mol. The van der Waals surface area contributed by atoms with Crippen molar-refractivity contribution in [1.29, 1.82) is 0 Å². The molecule has 0 radical (unpaired) electrons. The molecule has 0 bridgehead atoms. The number of aromatic nitrogens is 3. The number of hydrogen-bond acceptors (Lipinski definition) is 6. The van der Waals surface area contributed by atoms with Gasteiger partial charge in [-0.2, -0.15) is 8.78 Å². The molecule has 1 aliphatic heterocycles. The first kappa shape index (κ1) is 15.8. The van der Waals surface area contributed by atoms with E-state index in [-0.39, 0.29) is 29.5 Å². The number of anilines is 1. The van der Waals surface area contributed by atoms with Crippen LogP contribution < -0.4 is 15.2 Å². The molecular formula is C21H17F2N5O3. The van der Waals surface area contributed by atoms with E-state index in [1.54, 1.807) is 10.5 Å². The highest BCUT2D eigenvalue weighted by atomic mass is 19.3. The lowest BCUT2D eigenvalue weighted by Gasteiger charge is -2.24. The lowest BCUT2D eigenvalue weighted by molar-refractivity contribution is -0.0499. The van der Waals surface area contributed by atoms with E-state index >= 15 is 0 Å². The number of amides is 1. The Kier molecular flexibility index (Phi) is 3.62. The number of nitrogens with two attached hydrogens (primary N) is 1. The summed E-state index contributed by atoms with van der Waals surface area (Å²) >= 11 is 0. The maximum absolute atomic E-state index is 13.5. The van der Waals surface area contributed by atoms with E-state index in [0.29, 0.717) is 22.1 Å². The number of benzene rings is 2. The normalized spacial score (nSPS) is 17.1. The van der Waals surface area contributed by atoms with Crippen molar-refractivity contribution in [3.8, 4) is 11.5 Å². The van der Waals surface area contributed by atoms with E-state index in [1.165, 1.54) is 42.9 Å². The van der Waals surface area contributed by atoms with Gasteiger partial charge in [0.25, 0.3) is 5.91 Å². The highest BCUT2D eigenvalue weighted by molar-refractivity contribution is 5.98. The van der Waals surface area contributed by atoms with Gasteiger partial charge in [-0.3, -0.25) is 9.20 Å². The van der Waals surface area contributed by atoms with Crippen LogP contribution in [0.15, 0.2) is 48.9 Å². The fourth-order valence-electron chi connectivity index (χ4n) is 3.65. The number of fused-ring (bicyclic) bond motifs is 4. The van der Waals surface area contributed by atoms with Gasteiger partial charge in [0, 0.05) is 28.3 Å². The van der Waals surface area contributed by atoms with Gasteiger partial charge in [0.1, 0.15) is 29.4 Å². The average molecular weight is 428 g/mol. The number of imidazole rings is 1. The average Bonchev–Trinajstić information content (AvgIpc) is 3.40. The summed E-state index contributed by atoms with van der Waals surface area (Å²) in [5.74, 6) is -0.459. The zero-order chi connectivity index (χ0) is 24.2. The first-order chi connectivity index (χ1) is 16.1. The van der Waals surface area contributed by atoms with E-state index in [9.17, 15) is 13.6 Å². The molecule has 3 heterocycles. The molecule has 0 spiro atoms. The summed E-state index contributed by atoms with van der Waals surface area (Å²) in [6.07, 6.45) is 3.05. The van der Waals surface area contributed by atoms with Gasteiger partial charge < -0.3 is 20.1 Å². The van der Waals surface area contributed by atoms with Crippen molar-refractivity contribution in [2.24, 2.45) is 0 Å². The van der Waals surface area contributed by atoms with Gasteiger partial charge in [-0.1, -0.05) is 0 Å². The number of likely N-dealkylation sites (N-methyl/N-ethyl adjacent to an activating group) is 1. The monoisotopic (exact) mass is 428 g/mol. The molecule has 10 heteroatoms. The number of alkyl halides is 2. The highest BCUT2D eigenvalue weighted by Gasteiger charge is 2.31. The van der Waals surface area contributed by atoms with Gasteiger partial charge in [0.2, 0.25) is 0 Å². The molecule has 0 saturated carbocycles. The van der Waals surface area contributed by atoms with Crippen LogP contribution in [-0.2, 0) is 0 Å². The molecule has 5 rings (SSSR count). The maximum Gasteiger partial charge on any atom is 0.387 e. The van der Waals surface area contributed by atoms with Crippen LogP contribution in [0.2, 0.25) is 0 Å². The third-order valence-corrected chi connectivity index (χ3v) is 5.12. The molecule has 158 valence electrons. The Hall–Kier alpha value is -3.95. The van der Waals surface area contributed by atoms with Crippen LogP contribution in [0, 0.1) is 0 Å². The molecule has 4 aromatic rings. The molecule has 2 aromatic heterocycles. The van der Waals surface area contributed by atoms with Gasteiger partial charge in [-0.25, -0.2) is 9.97 Å². The summed E-state index contributed by atoms with van der Waals surface area (Å²) < 4.78 is 60.7. The summed E-state index contributed by atoms with van der Waals surface area (Å²) in [5.41, 5.74) is 8.00. The van der Waals surface area contributed by atoms with Crippen LogP contribution in [0.4, 0.5) is 14.6 Å². The van der Waals surface area contributed by atoms with Crippen LogP contribution in [-0.4, -0.2) is 45.4 Å². The lowest BCUT2D eigenvalue weighted by atomic mass is 10.1. The first-order valence-corrected chi connectivity index (χ1v) is 9.20. The van der Waals surface area contributed by atoms with Crippen LogP contribution in [0.3, 0.4) is 0 Å². The van der Waals surface area contributed by atoms with E-state index in [1.807, 2.05) is 0 Å². The molecule has 0 unspecified atom stereocenters. The van der Waals surface area contributed by atoms with Crippen molar-refractivity contribution in [1.82, 2.24) is 19.3 Å². The molecule has 31 heavy (non-hydrogen) atoms. The Morgan fingerprint density at radius 3 is 3.03 bits per heavy atom. The molecular weight excluding hydrogens is 408 g/mol. The predicted octanol–water partition coefficient (Wildman–Crippen LogP) is 3.27. The van der Waals surface area contributed by atoms with Crippen LogP contribution >= 0.6 is 0 Å². The quantitative estimate of drug-likeness (QED) is 0.536. The second kappa shape index (κ2) is 7.08. The van der Waals surface area contributed by atoms with Crippen molar-refractivity contribution in [3.63, 3.8) is 0 Å². The smallest absolute Gasteiger partial charge is 0.387 e. The zero-order valence-electron chi connectivity index (χ0n) is 18.8. The molecule has 8 nitrogen and oxygen atoms in total. The van der Waals surface area contributed by atoms with Crippen LogP contribution in [0.1, 0.15) is 26.1 Å². The highest BCUT2D eigenvalue weighted by Crippen LogP contribution is 2.38. The summed E-state index contributed by atoms with van der Waals surface area (Å²) in [6.45, 7) is -5.99. The Morgan fingerprint density at radius 1 is 1.35 bits per heavy atom. The molecule has 2 N–H and O–H groups in total. The van der Waals surface area contributed by atoms with Gasteiger partial charge in [-0.05, 0) is 30.3 Å². The number of ether oxygens (including phenoxy) is 2. The Bertz CT molecular complexity index is 1430. The first-order valence-electron chi connectivity index (χ1n) is 10.7. The molecule has 1 atom stereocenters. The van der Waals surface area contributed by atoms with Crippen molar-refractivity contribution in [2.45, 2.75) is 12.7 Å². The number of nitrogen functional groups attached to an aromatic ring is 1. The van der Waals surface area contributed by atoms with Crippen LogP contribution in [0.5, 0.6) is 11.5 Å². The Morgan fingerprint density at radius 2 is 2.23 bits per heavy atom. The number of rotatable bonds is 4. The van der Waals surface area contributed by atoms with E-state index < -0.39 is 25.5 Å². The van der Waals surface area contributed by atoms with Gasteiger partial charge in [0.15, 0.2) is 0 Å². The minimum absolute atomic E-state index is 0.108. The number of nitrogens with zero attached hydrogens (tertiary/aromatic N) is 4. The number of halogens is 2. The standard InChI is InChI=1S/C21H17F2N5O3/c1-27(17-9-30-18-7-12(31-21(22)23)3-4-13(17)18)20(29)11-2-5-14-15(6-11)28-10-25-8-16(28)19(24)26-14/h2-8,10,17,21H,9H2,1H3,(H2,24,26)/t17-/m0/s1/i1D3. The van der Waals surface area contributed by atoms with E-state index in [0.717, 1.165) is 4.90 Å². The van der Waals surface area contributed by atoms with E-state index in [4.69, 9.17) is 14.6 Å². The summed E-state index contributed by atoms with van der Waals surface area (Å²) in [7, 11) is 0. The van der Waals surface area contributed by atoms with Gasteiger partial charge in [-0.15, -0.1) is 0 Å². The third kappa shape index (κ3) is 3.16. The fraction of sp³-hybridized carbons (Fsp3) is 0.190. The Balaban J connectivity index is 1.55. The van der Waals surface area contributed by atoms with Crippen LogP contribution in [0.25, 0.3) is 16.6 Å². The third-order valence-electron chi connectivity index (χ3n) is 5.12. The van der Waals surface area contributed by atoms with Crippen molar-refractivity contribution < 1.29 is 27.2 Å². The summed E-state index contributed by atoms with van der Waals surface area (Å²) in [5, 5.41) is 0. The van der Waals surface area contributed by atoms with E-state index in [2.05, 4.69) is 14.7 Å². The molecule has 0 saturated heterocycles. The molecule has 0 fully saturated rings. The second-order valence-electron chi connectivity index (χ2n) is 6.93. The Labute approximate surface area is 179 Å².